The van der Waals surface area contributed by atoms with Crippen LogP contribution < -0.4 is 19.6 Å². The van der Waals surface area contributed by atoms with E-state index in [1.165, 1.54) is 6.21 Å². The van der Waals surface area contributed by atoms with Crippen molar-refractivity contribution < 1.29 is 24.1 Å². The molecule has 0 saturated heterocycles. The van der Waals surface area contributed by atoms with E-state index in [2.05, 4.69) is 31.0 Å². The van der Waals surface area contributed by atoms with Crippen LogP contribution in [0.25, 0.3) is 5.69 Å². The maximum atomic E-state index is 12.6. The number of rotatable bonds is 6. The third-order valence-electron chi connectivity index (χ3n) is 6.81. The Morgan fingerprint density at radius 3 is 2.82 bits per heavy atom. The van der Waals surface area contributed by atoms with Crippen LogP contribution in [-0.2, 0) is 6.42 Å². The summed E-state index contributed by atoms with van der Waals surface area (Å²) in [7, 11) is 3.63. The van der Waals surface area contributed by atoms with Gasteiger partial charge < -0.3 is 19.3 Å². The van der Waals surface area contributed by atoms with Gasteiger partial charge >= 0.3 is 0 Å². The molecule has 0 bridgehead atoms. The zero-order chi connectivity index (χ0) is 26.9. The lowest BCUT2D eigenvalue weighted by atomic mass is 9.90. The number of benzene rings is 3. The average Bonchev–Trinajstić information content (AvgIpc) is 3.63. The predicted octanol–water partition coefficient (Wildman–Crippen LogP) is 2.45. The molecule has 2 N–H and O–H groups in total. The Morgan fingerprint density at radius 2 is 2.03 bits per heavy atom. The van der Waals surface area contributed by atoms with Gasteiger partial charge in [-0.15, -0.1) is 5.10 Å². The molecule has 4 aromatic rings. The normalized spacial score (nSPS) is 16.3. The second kappa shape index (κ2) is 10.1. The van der Waals surface area contributed by atoms with Crippen molar-refractivity contribution in [1.82, 2.24) is 30.5 Å². The summed E-state index contributed by atoms with van der Waals surface area (Å²) in [5.41, 5.74) is 6.07. The van der Waals surface area contributed by atoms with Crippen molar-refractivity contribution in [1.29, 1.82) is 0 Å². The number of carbonyl (C=O) groups is 1. The number of aromatic nitrogens is 4. The number of phenolic OH excluding ortho intramolecular Hbond substituents is 1. The van der Waals surface area contributed by atoms with Crippen molar-refractivity contribution >= 4 is 12.1 Å². The van der Waals surface area contributed by atoms with E-state index in [9.17, 15) is 9.90 Å². The summed E-state index contributed by atoms with van der Waals surface area (Å²) < 4.78 is 18.8. The van der Waals surface area contributed by atoms with Gasteiger partial charge in [-0.05, 0) is 71.9 Å². The number of hydrogen-bond acceptors (Lipinski definition) is 10. The van der Waals surface area contributed by atoms with E-state index < -0.39 is 5.91 Å². The Morgan fingerprint density at radius 1 is 1.21 bits per heavy atom. The van der Waals surface area contributed by atoms with Crippen LogP contribution in [0.4, 0.5) is 0 Å². The number of hydrazone groups is 1. The van der Waals surface area contributed by atoms with E-state index in [4.69, 9.17) is 14.2 Å². The van der Waals surface area contributed by atoms with Gasteiger partial charge in [0.15, 0.2) is 17.3 Å². The van der Waals surface area contributed by atoms with Gasteiger partial charge in [0.1, 0.15) is 11.8 Å². The predicted molar refractivity (Wildman–Crippen MR) is 140 cm³/mol. The molecule has 0 saturated carbocycles. The highest BCUT2D eigenvalue weighted by Gasteiger charge is 2.37. The number of ether oxygens (including phenoxy) is 3. The molecular weight excluding hydrogens is 502 g/mol. The van der Waals surface area contributed by atoms with E-state index in [1.807, 2.05) is 13.1 Å². The zero-order valence-corrected chi connectivity index (χ0v) is 21.2. The van der Waals surface area contributed by atoms with Crippen molar-refractivity contribution in [2.24, 2.45) is 5.10 Å². The van der Waals surface area contributed by atoms with Gasteiger partial charge in [-0.2, -0.15) is 9.78 Å². The lowest BCUT2D eigenvalue weighted by molar-refractivity contribution is 0.0955. The molecule has 1 aromatic heterocycles. The van der Waals surface area contributed by atoms with Crippen molar-refractivity contribution in [3.63, 3.8) is 0 Å². The van der Waals surface area contributed by atoms with Crippen LogP contribution in [0.2, 0.25) is 0 Å². The third kappa shape index (κ3) is 4.40. The summed E-state index contributed by atoms with van der Waals surface area (Å²) in [6.07, 6.45) is 2.20. The Labute approximate surface area is 223 Å². The largest absolute Gasteiger partial charge is 0.507 e. The first-order chi connectivity index (χ1) is 19.0. The average molecular weight is 528 g/mol. The van der Waals surface area contributed by atoms with Crippen LogP contribution in [0.1, 0.15) is 38.9 Å². The molecule has 12 nitrogen and oxygen atoms in total. The van der Waals surface area contributed by atoms with Crippen LogP contribution in [0, 0.1) is 0 Å². The smallest absolute Gasteiger partial charge is 0.271 e. The van der Waals surface area contributed by atoms with Crippen LogP contribution in [0.5, 0.6) is 23.0 Å². The van der Waals surface area contributed by atoms with E-state index in [0.29, 0.717) is 39.9 Å². The van der Waals surface area contributed by atoms with Crippen molar-refractivity contribution in [2.75, 3.05) is 27.5 Å². The van der Waals surface area contributed by atoms with Crippen molar-refractivity contribution in [2.45, 2.75) is 12.5 Å². The molecule has 0 spiro atoms. The Bertz CT molecular complexity index is 1570. The SMILES string of the molecule is COc1c2c(cc3c1C(c1nnnn1-c1ccc(C(=O)NN=Cc4ccccc4O)cc1)N(C)CC3)OCO2. The minimum atomic E-state index is -0.396. The quantitative estimate of drug-likeness (QED) is 0.286. The molecule has 1 atom stereocenters. The van der Waals surface area contributed by atoms with E-state index in [-0.39, 0.29) is 18.6 Å². The second-order valence-corrected chi connectivity index (χ2v) is 9.10. The summed E-state index contributed by atoms with van der Waals surface area (Å²) in [6, 6.07) is 15.3. The molecule has 2 aliphatic heterocycles. The number of fused-ring (bicyclic) bond motifs is 2. The Kier molecular flexibility index (Phi) is 6.29. The topological polar surface area (TPSA) is 136 Å². The molecule has 6 rings (SSSR count). The van der Waals surface area contributed by atoms with Gasteiger partial charge in [0.05, 0.1) is 19.0 Å². The summed E-state index contributed by atoms with van der Waals surface area (Å²) in [6.45, 7) is 0.931. The molecule has 0 fully saturated rings. The number of likely N-dealkylation sites (N-methyl/N-ethyl adjacent to an activating group) is 1. The molecule has 198 valence electrons. The summed E-state index contributed by atoms with van der Waals surface area (Å²) in [5.74, 6) is 2.14. The fourth-order valence-electron chi connectivity index (χ4n) is 4.88. The lowest BCUT2D eigenvalue weighted by Gasteiger charge is -2.34. The number of nitrogens with one attached hydrogen (secondary N) is 1. The minimum Gasteiger partial charge on any atom is -0.507 e. The zero-order valence-electron chi connectivity index (χ0n) is 21.2. The number of para-hydroxylation sites is 1. The minimum absolute atomic E-state index is 0.0752. The molecule has 12 heteroatoms. The number of hydrogen-bond donors (Lipinski definition) is 2. The van der Waals surface area contributed by atoms with Crippen molar-refractivity contribution in [3.05, 3.63) is 82.7 Å². The first-order valence-electron chi connectivity index (χ1n) is 12.2. The molecule has 39 heavy (non-hydrogen) atoms. The maximum Gasteiger partial charge on any atom is 0.271 e. The summed E-state index contributed by atoms with van der Waals surface area (Å²) in [5, 5.41) is 26.4. The Balaban J connectivity index is 1.27. The molecule has 1 amide bonds. The second-order valence-electron chi connectivity index (χ2n) is 9.10. The van der Waals surface area contributed by atoms with Crippen LogP contribution in [0.3, 0.4) is 0 Å². The maximum absolute atomic E-state index is 12.6. The summed E-state index contributed by atoms with van der Waals surface area (Å²) >= 11 is 0. The van der Waals surface area contributed by atoms with Crippen molar-refractivity contribution in [3.8, 4) is 28.7 Å². The standard InChI is InChI=1S/C27H25N7O5/c1-33-12-11-17-13-21-24(39-15-38-21)25(37-2)22(17)23(33)26-29-31-32-34(26)19-9-7-16(8-10-19)27(36)30-28-14-18-5-3-4-6-20(18)35/h3-10,13-14,23,35H,11-12,15H2,1-2H3,(H,30,36). The van der Waals surface area contributed by atoms with Gasteiger partial charge in [0.25, 0.3) is 5.91 Å². The summed E-state index contributed by atoms with van der Waals surface area (Å²) in [4.78, 5) is 14.8. The fourth-order valence-corrected chi connectivity index (χ4v) is 4.88. The highest BCUT2D eigenvalue weighted by molar-refractivity contribution is 5.95. The van der Waals surface area contributed by atoms with E-state index in [0.717, 1.165) is 24.1 Å². The first kappa shape index (κ1) is 24.4. The van der Waals surface area contributed by atoms with E-state index in [1.54, 1.807) is 60.3 Å². The number of nitrogens with zero attached hydrogens (tertiary/aromatic N) is 6. The molecule has 0 aliphatic carbocycles. The number of phenols is 1. The number of amides is 1. The van der Waals surface area contributed by atoms with Gasteiger partial charge in [0, 0.05) is 23.2 Å². The monoisotopic (exact) mass is 527 g/mol. The van der Waals surface area contributed by atoms with Crippen LogP contribution >= 0.6 is 0 Å². The fraction of sp³-hybridized carbons (Fsp3) is 0.222. The molecule has 2 aliphatic rings. The number of tetrazole rings is 1. The highest BCUT2D eigenvalue weighted by Crippen LogP contribution is 2.50. The lowest BCUT2D eigenvalue weighted by Crippen LogP contribution is -2.35. The molecule has 3 aromatic carbocycles. The van der Waals surface area contributed by atoms with E-state index >= 15 is 0 Å². The van der Waals surface area contributed by atoms with Crippen LogP contribution in [-0.4, -0.2) is 69.8 Å². The Hall–Kier alpha value is -4.97. The highest BCUT2D eigenvalue weighted by atomic mass is 16.7. The van der Waals surface area contributed by atoms with Gasteiger partial charge in [0.2, 0.25) is 12.5 Å². The molecule has 0 radical (unpaired) electrons. The molecule has 3 heterocycles. The number of carbonyl (C=O) groups excluding carboxylic acids is 1. The van der Waals surface area contributed by atoms with Gasteiger partial charge in [-0.3, -0.25) is 9.69 Å². The molecular formula is C27H25N7O5. The van der Waals surface area contributed by atoms with Gasteiger partial charge in [-0.25, -0.2) is 5.43 Å². The first-order valence-corrected chi connectivity index (χ1v) is 12.2. The number of aromatic hydroxyl groups is 1. The number of methoxy groups -OCH3 is 1. The third-order valence-corrected chi connectivity index (χ3v) is 6.81. The van der Waals surface area contributed by atoms with Gasteiger partial charge in [-0.1, -0.05) is 12.1 Å². The molecule has 1 unspecified atom stereocenters. The van der Waals surface area contributed by atoms with Crippen LogP contribution in [0.15, 0.2) is 59.7 Å².